The van der Waals surface area contributed by atoms with Gasteiger partial charge in [0.2, 0.25) is 5.91 Å². The zero-order chi connectivity index (χ0) is 15.5. The van der Waals surface area contributed by atoms with Gasteiger partial charge >= 0.3 is 0 Å². The highest BCUT2D eigenvalue weighted by molar-refractivity contribution is 5.80. The molecule has 5 nitrogen and oxygen atoms in total. The number of hydrogen-bond donors (Lipinski definition) is 0. The summed E-state index contributed by atoms with van der Waals surface area (Å²) in [5.41, 5.74) is 1.14. The molecule has 0 N–H and O–H groups in total. The maximum absolute atomic E-state index is 12.8. The summed E-state index contributed by atoms with van der Waals surface area (Å²) in [6.07, 6.45) is 7.26. The fourth-order valence-corrected chi connectivity index (χ4v) is 3.09. The summed E-state index contributed by atoms with van der Waals surface area (Å²) < 4.78 is 7.15. The van der Waals surface area contributed by atoms with Crippen LogP contribution in [0.2, 0.25) is 0 Å². The van der Waals surface area contributed by atoms with E-state index in [0.29, 0.717) is 0 Å². The van der Waals surface area contributed by atoms with Crippen molar-refractivity contribution in [1.29, 1.82) is 0 Å². The predicted molar refractivity (Wildman–Crippen MR) is 83.6 cm³/mol. The second kappa shape index (κ2) is 6.22. The number of methoxy groups -OCH3 is 1. The Balaban J connectivity index is 1.82. The van der Waals surface area contributed by atoms with Crippen molar-refractivity contribution in [2.45, 2.75) is 31.8 Å². The molecule has 0 spiro atoms. The number of nitrogens with zero attached hydrogens (tertiary/aromatic N) is 3. The number of carbonyl (C=O) groups is 1. The van der Waals surface area contributed by atoms with E-state index in [9.17, 15) is 4.79 Å². The quantitative estimate of drug-likeness (QED) is 0.872. The van der Waals surface area contributed by atoms with Crippen molar-refractivity contribution in [2.75, 3.05) is 13.7 Å². The van der Waals surface area contributed by atoms with Crippen LogP contribution in [0.3, 0.4) is 0 Å². The van der Waals surface area contributed by atoms with Gasteiger partial charge in [-0.1, -0.05) is 12.1 Å². The van der Waals surface area contributed by atoms with Crippen molar-refractivity contribution < 1.29 is 9.53 Å². The smallest absolute Gasteiger partial charge is 0.245 e. The Bertz CT molecular complexity index is 639. The normalized spacial score (nSPS) is 19.2. The van der Waals surface area contributed by atoms with Gasteiger partial charge in [0.05, 0.1) is 19.5 Å². The number of hydrogen-bond acceptors (Lipinski definition) is 3. The number of amides is 1. The Morgan fingerprint density at radius 3 is 3.05 bits per heavy atom. The molecule has 1 aliphatic heterocycles. The summed E-state index contributed by atoms with van der Waals surface area (Å²) in [6.45, 7) is 2.73. The SMILES string of the molecule is COc1cccc([C@@H]2CCCN2C(=O)[C@H](C)n2ccnc2)c1. The molecule has 1 aliphatic rings. The van der Waals surface area contributed by atoms with Crippen LogP contribution in [0.1, 0.15) is 37.4 Å². The summed E-state index contributed by atoms with van der Waals surface area (Å²) in [6, 6.07) is 7.91. The van der Waals surface area contributed by atoms with E-state index >= 15 is 0 Å². The van der Waals surface area contributed by atoms with Crippen molar-refractivity contribution >= 4 is 5.91 Å². The second-order valence-electron chi connectivity index (χ2n) is 5.65. The highest BCUT2D eigenvalue weighted by Gasteiger charge is 2.32. The molecule has 2 atom stereocenters. The van der Waals surface area contributed by atoms with E-state index < -0.39 is 0 Å². The van der Waals surface area contributed by atoms with Crippen LogP contribution >= 0.6 is 0 Å². The predicted octanol–water partition coefficient (Wildman–Crippen LogP) is 2.82. The summed E-state index contributed by atoms with van der Waals surface area (Å²) >= 11 is 0. The highest BCUT2D eigenvalue weighted by atomic mass is 16.5. The minimum absolute atomic E-state index is 0.133. The average molecular weight is 299 g/mol. The third-order valence-electron chi connectivity index (χ3n) is 4.34. The maximum atomic E-state index is 12.8. The van der Waals surface area contributed by atoms with E-state index in [4.69, 9.17) is 4.74 Å². The number of imidazole rings is 1. The Hall–Kier alpha value is -2.30. The van der Waals surface area contributed by atoms with Gasteiger partial charge in [-0.05, 0) is 37.5 Å². The fourth-order valence-electron chi connectivity index (χ4n) is 3.09. The third kappa shape index (κ3) is 2.71. The minimum atomic E-state index is -0.228. The van der Waals surface area contributed by atoms with Crippen molar-refractivity contribution in [3.63, 3.8) is 0 Å². The van der Waals surface area contributed by atoms with Crippen LogP contribution in [-0.2, 0) is 4.79 Å². The van der Waals surface area contributed by atoms with E-state index in [1.54, 1.807) is 19.6 Å². The number of ether oxygens (including phenoxy) is 1. The first kappa shape index (κ1) is 14.6. The zero-order valence-electron chi connectivity index (χ0n) is 13.0. The molecule has 5 heteroatoms. The maximum Gasteiger partial charge on any atom is 0.245 e. The van der Waals surface area contributed by atoms with Gasteiger partial charge in [0.1, 0.15) is 11.8 Å². The minimum Gasteiger partial charge on any atom is -0.497 e. The van der Waals surface area contributed by atoms with Gasteiger partial charge in [-0.2, -0.15) is 0 Å². The van der Waals surface area contributed by atoms with E-state index in [2.05, 4.69) is 11.1 Å². The van der Waals surface area contributed by atoms with Gasteiger partial charge in [-0.25, -0.2) is 4.98 Å². The Kier molecular flexibility index (Phi) is 4.13. The lowest BCUT2D eigenvalue weighted by atomic mass is 10.0. The van der Waals surface area contributed by atoms with E-state index in [0.717, 1.165) is 30.7 Å². The van der Waals surface area contributed by atoms with Crippen LogP contribution in [0.4, 0.5) is 0 Å². The van der Waals surface area contributed by atoms with Crippen LogP contribution in [0.25, 0.3) is 0 Å². The molecule has 1 saturated heterocycles. The molecule has 1 amide bonds. The van der Waals surface area contributed by atoms with Gasteiger partial charge in [0.25, 0.3) is 0 Å². The molecule has 0 saturated carbocycles. The van der Waals surface area contributed by atoms with E-state index in [-0.39, 0.29) is 18.0 Å². The zero-order valence-corrected chi connectivity index (χ0v) is 13.0. The Morgan fingerprint density at radius 2 is 2.32 bits per heavy atom. The summed E-state index contributed by atoms with van der Waals surface area (Å²) in [5, 5.41) is 0. The molecule has 1 aromatic heterocycles. The number of aromatic nitrogens is 2. The topological polar surface area (TPSA) is 47.4 Å². The number of carbonyl (C=O) groups excluding carboxylic acids is 1. The molecule has 0 aliphatic carbocycles. The molecule has 116 valence electrons. The highest BCUT2D eigenvalue weighted by Crippen LogP contribution is 2.34. The largest absolute Gasteiger partial charge is 0.497 e. The van der Waals surface area contributed by atoms with Crippen LogP contribution in [0.5, 0.6) is 5.75 Å². The molecule has 2 heterocycles. The first-order chi connectivity index (χ1) is 10.7. The van der Waals surface area contributed by atoms with E-state index in [1.165, 1.54) is 0 Å². The molecule has 0 unspecified atom stereocenters. The van der Waals surface area contributed by atoms with Gasteiger partial charge in [0, 0.05) is 18.9 Å². The lowest BCUT2D eigenvalue weighted by molar-refractivity contribution is -0.135. The van der Waals surface area contributed by atoms with Gasteiger partial charge in [-0.3, -0.25) is 4.79 Å². The van der Waals surface area contributed by atoms with Crippen molar-refractivity contribution in [1.82, 2.24) is 14.5 Å². The first-order valence-corrected chi connectivity index (χ1v) is 7.62. The molecule has 1 aromatic carbocycles. The molecule has 0 bridgehead atoms. The second-order valence-corrected chi connectivity index (χ2v) is 5.65. The fraction of sp³-hybridized carbons (Fsp3) is 0.412. The summed E-state index contributed by atoms with van der Waals surface area (Å²) in [5.74, 6) is 0.975. The molecule has 2 aromatic rings. The van der Waals surface area contributed by atoms with Crippen LogP contribution in [0, 0.1) is 0 Å². The van der Waals surface area contributed by atoms with Crippen LogP contribution in [0.15, 0.2) is 43.0 Å². The van der Waals surface area contributed by atoms with Crippen molar-refractivity contribution in [3.8, 4) is 5.75 Å². The molecule has 0 radical (unpaired) electrons. The number of rotatable bonds is 4. The third-order valence-corrected chi connectivity index (χ3v) is 4.34. The molecular weight excluding hydrogens is 278 g/mol. The standard InChI is InChI=1S/C17H21N3O2/c1-13(19-10-8-18-12-19)17(21)20-9-4-7-16(20)14-5-3-6-15(11-14)22-2/h3,5-6,8,10-13,16H,4,7,9H2,1-2H3/t13-,16-/m0/s1. The number of benzene rings is 1. The summed E-state index contributed by atoms with van der Waals surface area (Å²) in [4.78, 5) is 18.8. The van der Waals surface area contributed by atoms with Gasteiger partial charge < -0.3 is 14.2 Å². The first-order valence-electron chi connectivity index (χ1n) is 7.62. The van der Waals surface area contributed by atoms with Crippen LogP contribution < -0.4 is 4.74 Å². The summed E-state index contributed by atoms with van der Waals surface area (Å²) in [7, 11) is 1.66. The molecule has 3 rings (SSSR count). The lowest BCUT2D eigenvalue weighted by Gasteiger charge is -2.28. The monoisotopic (exact) mass is 299 g/mol. The van der Waals surface area contributed by atoms with Crippen LogP contribution in [-0.4, -0.2) is 34.0 Å². The molecular formula is C17H21N3O2. The average Bonchev–Trinajstić information content (AvgIpc) is 3.24. The Labute approximate surface area is 130 Å². The van der Waals surface area contributed by atoms with E-state index in [1.807, 2.05) is 40.8 Å². The van der Waals surface area contributed by atoms with Gasteiger partial charge in [0.15, 0.2) is 0 Å². The number of likely N-dealkylation sites (tertiary alicyclic amines) is 1. The van der Waals surface area contributed by atoms with Gasteiger partial charge in [-0.15, -0.1) is 0 Å². The molecule has 1 fully saturated rings. The van der Waals surface area contributed by atoms with Crippen molar-refractivity contribution in [3.05, 3.63) is 48.5 Å². The van der Waals surface area contributed by atoms with Crippen molar-refractivity contribution in [2.24, 2.45) is 0 Å². The lowest BCUT2D eigenvalue weighted by Crippen LogP contribution is -2.35. The Morgan fingerprint density at radius 1 is 1.45 bits per heavy atom. The molecule has 22 heavy (non-hydrogen) atoms.